The molecule has 6 heteroatoms. The van der Waals surface area contributed by atoms with Crippen LogP contribution in [0.4, 0.5) is 0 Å². The zero-order chi connectivity index (χ0) is 14.6. The van der Waals surface area contributed by atoms with E-state index in [1.54, 1.807) is 0 Å². The number of thiazole rings is 1. The number of rotatable bonds is 1. The van der Waals surface area contributed by atoms with Gasteiger partial charge in [0.05, 0.1) is 11.3 Å². The van der Waals surface area contributed by atoms with Crippen LogP contribution in [-0.2, 0) is 0 Å². The lowest BCUT2D eigenvalue weighted by atomic mass is 10.1. The Morgan fingerprint density at radius 3 is 2.90 bits per heavy atom. The van der Waals surface area contributed by atoms with Gasteiger partial charge in [-0.15, -0.1) is 21.5 Å². The summed E-state index contributed by atoms with van der Waals surface area (Å²) in [5.74, 6) is 0.755. The van der Waals surface area contributed by atoms with E-state index in [4.69, 9.17) is 4.42 Å². The lowest BCUT2D eigenvalue weighted by molar-refractivity contribution is 0.563. The first-order chi connectivity index (χ1) is 10.1. The lowest BCUT2D eigenvalue weighted by Gasteiger charge is -2.03. The molecule has 104 valence electrons. The molecule has 0 spiro atoms. The summed E-state index contributed by atoms with van der Waals surface area (Å²) in [6.07, 6.45) is 0. The lowest BCUT2D eigenvalue weighted by Crippen LogP contribution is -2.04. The van der Waals surface area contributed by atoms with Crippen LogP contribution in [-0.4, -0.2) is 14.6 Å². The predicted molar refractivity (Wildman–Crippen MR) is 81.8 cm³/mol. The summed E-state index contributed by atoms with van der Waals surface area (Å²) in [4.78, 5) is 13.0. The van der Waals surface area contributed by atoms with Crippen molar-refractivity contribution in [3.63, 3.8) is 0 Å². The molecule has 0 aliphatic rings. The summed E-state index contributed by atoms with van der Waals surface area (Å²) < 4.78 is 7.31. The van der Waals surface area contributed by atoms with Crippen LogP contribution < -0.4 is 5.63 Å². The summed E-state index contributed by atoms with van der Waals surface area (Å²) in [7, 11) is 0. The molecule has 3 heterocycles. The number of nitrogens with zero attached hydrogens (tertiary/aromatic N) is 3. The quantitative estimate of drug-likeness (QED) is 0.506. The van der Waals surface area contributed by atoms with E-state index in [0.29, 0.717) is 11.1 Å². The molecule has 0 unspecified atom stereocenters. The Morgan fingerprint density at radius 1 is 1.19 bits per heavy atom. The number of hydrogen-bond donors (Lipinski definition) is 0. The molecule has 0 amide bonds. The SMILES string of the molecule is Cc1ccc2oc(=O)c(-c3csc4nnc(C)n34)cc2c1. The van der Waals surface area contributed by atoms with Gasteiger partial charge in [0, 0.05) is 10.8 Å². The third kappa shape index (κ3) is 1.80. The van der Waals surface area contributed by atoms with E-state index < -0.39 is 0 Å². The maximum absolute atomic E-state index is 12.3. The fourth-order valence-electron chi connectivity index (χ4n) is 2.46. The van der Waals surface area contributed by atoms with Crippen LogP contribution in [0.2, 0.25) is 0 Å². The van der Waals surface area contributed by atoms with Crippen LogP contribution in [0.15, 0.2) is 38.9 Å². The van der Waals surface area contributed by atoms with Crippen LogP contribution in [0.3, 0.4) is 0 Å². The van der Waals surface area contributed by atoms with Gasteiger partial charge in [-0.1, -0.05) is 11.6 Å². The van der Waals surface area contributed by atoms with E-state index in [0.717, 1.165) is 27.4 Å². The van der Waals surface area contributed by atoms with Gasteiger partial charge < -0.3 is 4.42 Å². The van der Waals surface area contributed by atoms with Crippen molar-refractivity contribution in [3.8, 4) is 11.3 Å². The van der Waals surface area contributed by atoms with Crippen LogP contribution in [0.5, 0.6) is 0 Å². The number of fused-ring (bicyclic) bond motifs is 2. The molecule has 0 radical (unpaired) electrons. The molecule has 5 nitrogen and oxygen atoms in total. The third-order valence-corrected chi connectivity index (χ3v) is 4.29. The average Bonchev–Trinajstić information content (AvgIpc) is 3.02. The van der Waals surface area contributed by atoms with Crippen molar-refractivity contribution in [2.45, 2.75) is 13.8 Å². The monoisotopic (exact) mass is 297 g/mol. The van der Waals surface area contributed by atoms with E-state index in [2.05, 4.69) is 10.2 Å². The molecule has 0 saturated carbocycles. The van der Waals surface area contributed by atoms with E-state index in [1.807, 2.05) is 47.9 Å². The molecule has 0 aliphatic heterocycles. The van der Waals surface area contributed by atoms with Crippen LogP contribution in [0.25, 0.3) is 27.2 Å². The molecule has 0 atom stereocenters. The van der Waals surface area contributed by atoms with Gasteiger partial charge in [0.25, 0.3) is 0 Å². The maximum Gasteiger partial charge on any atom is 0.345 e. The first-order valence-corrected chi connectivity index (χ1v) is 7.35. The van der Waals surface area contributed by atoms with E-state index in [-0.39, 0.29) is 5.63 Å². The first-order valence-electron chi connectivity index (χ1n) is 6.47. The molecule has 3 aromatic heterocycles. The molecular weight excluding hydrogens is 286 g/mol. The second kappa shape index (κ2) is 4.26. The van der Waals surface area contributed by atoms with Crippen molar-refractivity contribution in [2.75, 3.05) is 0 Å². The van der Waals surface area contributed by atoms with Crippen LogP contribution >= 0.6 is 11.3 Å². The van der Waals surface area contributed by atoms with Crippen molar-refractivity contribution in [1.29, 1.82) is 0 Å². The Bertz CT molecular complexity index is 1040. The van der Waals surface area contributed by atoms with E-state index in [9.17, 15) is 4.79 Å². The highest BCUT2D eigenvalue weighted by molar-refractivity contribution is 7.15. The number of aromatic nitrogens is 3. The van der Waals surface area contributed by atoms with Crippen molar-refractivity contribution in [2.24, 2.45) is 0 Å². The molecule has 0 N–H and O–H groups in total. The van der Waals surface area contributed by atoms with Crippen LogP contribution in [0, 0.1) is 13.8 Å². The molecular formula is C15H11N3O2S. The zero-order valence-electron chi connectivity index (χ0n) is 11.5. The zero-order valence-corrected chi connectivity index (χ0v) is 12.3. The second-order valence-electron chi connectivity index (χ2n) is 4.97. The molecule has 0 saturated heterocycles. The van der Waals surface area contributed by atoms with Gasteiger partial charge in [-0.25, -0.2) is 4.79 Å². The van der Waals surface area contributed by atoms with Crippen molar-refractivity contribution in [3.05, 3.63) is 51.5 Å². The van der Waals surface area contributed by atoms with E-state index in [1.165, 1.54) is 11.3 Å². The average molecular weight is 297 g/mol. The second-order valence-corrected chi connectivity index (χ2v) is 5.81. The highest BCUT2D eigenvalue weighted by atomic mass is 32.1. The largest absolute Gasteiger partial charge is 0.422 e. The highest BCUT2D eigenvalue weighted by Gasteiger charge is 2.15. The summed E-state index contributed by atoms with van der Waals surface area (Å²) >= 11 is 1.46. The Morgan fingerprint density at radius 2 is 2.05 bits per heavy atom. The first kappa shape index (κ1) is 12.3. The van der Waals surface area contributed by atoms with Crippen molar-refractivity contribution >= 4 is 27.3 Å². The molecule has 4 rings (SSSR count). The van der Waals surface area contributed by atoms with E-state index >= 15 is 0 Å². The van der Waals surface area contributed by atoms with Gasteiger partial charge in [0.1, 0.15) is 11.4 Å². The highest BCUT2D eigenvalue weighted by Crippen LogP contribution is 2.26. The van der Waals surface area contributed by atoms with Crippen molar-refractivity contribution in [1.82, 2.24) is 14.6 Å². The van der Waals surface area contributed by atoms with Crippen molar-refractivity contribution < 1.29 is 4.42 Å². The minimum Gasteiger partial charge on any atom is -0.422 e. The predicted octanol–water partition coefficient (Wildman–Crippen LogP) is 3.18. The fraction of sp³-hybridized carbons (Fsp3) is 0.133. The fourth-order valence-corrected chi connectivity index (χ4v) is 3.34. The topological polar surface area (TPSA) is 60.4 Å². The van der Waals surface area contributed by atoms with Gasteiger partial charge in [0.2, 0.25) is 4.96 Å². The van der Waals surface area contributed by atoms with Gasteiger partial charge in [0.15, 0.2) is 0 Å². The Balaban J connectivity index is 2.07. The number of aryl methyl sites for hydroxylation is 2. The molecule has 21 heavy (non-hydrogen) atoms. The Kier molecular flexibility index (Phi) is 2.49. The Hall–Kier alpha value is -2.47. The van der Waals surface area contributed by atoms with Gasteiger partial charge >= 0.3 is 5.63 Å². The third-order valence-electron chi connectivity index (χ3n) is 3.48. The Labute approximate surface area is 123 Å². The molecule has 0 fully saturated rings. The van der Waals surface area contributed by atoms with Gasteiger partial charge in [-0.05, 0) is 32.0 Å². The minimum absolute atomic E-state index is 0.348. The minimum atomic E-state index is -0.348. The summed E-state index contributed by atoms with van der Waals surface area (Å²) in [6, 6.07) is 7.63. The molecule has 1 aromatic carbocycles. The summed E-state index contributed by atoms with van der Waals surface area (Å²) in [5, 5.41) is 10.9. The smallest absolute Gasteiger partial charge is 0.345 e. The number of benzene rings is 1. The normalized spacial score (nSPS) is 11.5. The summed E-state index contributed by atoms with van der Waals surface area (Å²) in [5.41, 5.74) is 2.68. The van der Waals surface area contributed by atoms with Gasteiger partial charge in [-0.3, -0.25) is 4.40 Å². The molecule has 0 bridgehead atoms. The standard InChI is InChI=1S/C15H11N3O2S/c1-8-3-4-13-10(5-8)6-11(14(19)20-13)12-7-21-15-17-16-9(2)18(12)15/h3-7H,1-2H3. The van der Waals surface area contributed by atoms with Crippen LogP contribution in [0.1, 0.15) is 11.4 Å². The van der Waals surface area contributed by atoms with Gasteiger partial charge in [-0.2, -0.15) is 0 Å². The maximum atomic E-state index is 12.3. The summed E-state index contributed by atoms with van der Waals surface area (Å²) in [6.45, 7) is 3.87. The number of hydrogen-bond acceptors (Lipinski definition) is 5. The molecule has 0 aliphatic carbocycles. The molecule has 4 aromatic rings.